The Hall–Kier alpha value is -3.75. The van der Waals surface area contributed by atoms with Gasteiger partial charge in [0.1, 0.15) is 0 Å². The summed E-state index contributed by atoms with van der Waals surface area (Å²) in [7, 11) is 0. The van der Waals surface area contributed by atoms with Gasteiger partial charge in [0.25, 0.3) is 11.6 Å². The predicted molar refractivity (Wildman–Crippen MR) is 106 cm³/mol. The van der Waals surface area contributed by atoms with E-state index < -0.39 is 23.4 Å². The molecule has 0 spiro atoms. The van der Waals surface area contributed by atoms with Gasteiger partial charge >= 0.3 is 5.97 Å². The summed E-state index contributed by atoms with van der Waals surface area (Å²) in [5.74, 6) is -1.35. The Labute approximate surface area is 167 Å². The number of non-ortho nitro benzene ring substituents is 1. The van der Waals surface area contributed by atoms with Crippen LogP contribution in [0.2, 0.25) is 0 Å². The van der Waals surface area contributed by atoms with Crippen LogP contribution in [0.1, 0.15) is 24.8 Å². The van der Waals surface area contributed by atoms with E-state index in [4.69, 9.17) is 4.74 Å². The first-order chi connectivity index (χ1) is 13.8. The van der Waals surface area contributed by atoms with Crippen LogP contribution in [0.25, 0.3) is 0 Å². The summed E-state index contributed by atoms with van der Waals surface area (Å²) >= 11 is 0. The highest BCUT2D eigenvalue weighted by Gasteiger charge is 2.11. The number of amides is 2. The summed E-state index contributed by atoms with van der Waals surface area (Å²) in [6, 6.07) is 12.7. The molecule has 152 valence electrons. The van der Waals surface area contributed by atoms with Crippen LogP contribution in [0, 0.1) is 17.0 Å². The maximum absolute atomic E-state index is 11.9. The molecule has 9 nitrogen and oxygen atoms in total. The lowest BCUT2D eigenvalue weighted by atomic mass is 10.2. The van der Waals surface area contributed by atoms with Gasteiger partial charge in [-0.1, -0.05) is 18.2 Å². The molecule has 0 aliphatic heterocycles. The minimum absolute atomic E-state index is 0.00860. The first kappa shape index (κ1) is 21.5. The molecule has 0 unspecified atom stereocenters. The van der Waals surface area contributed by atoms with Crippen LogP contribution in [0.15, 0.2) is 48.5 Å². The number of esters is 1. The van der Waals surface area contributed by atoms with E-state index in [1.165, 1.54) is 24.3 Å². The molecule has 0 bridgehead atoms. The minimum Gasteiger partial charge on any atom is -0.456 e. The number of hydrogen-bond donors (Lipinski definition) is 2. The van der Waals surface area contributed by atoms with Gasteiger partial charge in [-0.15, -0.1) is 0 Å². The molecule has 2 rings (SSSR count). The molecule has 0 aliphatic rings. The van der Waals surface area contributed by atoms with E-state index in [9.17, 15) is 24.5 Å². The Morgan fingerprint density at radius 3 is 2.31 bits per heavy atom. The monoisotopic (exact) mass is 399 g/mol. The highest BCUT2D eigenvalue weighted by atomic mass is 16.6. The maximum Gasteiger partial charge on any atom is 0.306 e. The van der Waals surface area contributed by atoms with Gasteiger partial charge in [0, 0.05) is 36.3 Å². The third kappa shape index (κ3) is 7.41. The van der Waals surface area contributed by atoms with Crippen molar-refractivity contribution in [3.63, 3.8) is 0 Å². The topological polar surface area (TPSA) is 128 Å². The van der Waals surface area contributed by atoms with E-state index in [2.05, 4.69) is 10.6 Å². The van der Waals surface area contributed by atoms with Crippen LogP contribution >= 0.6 is 0 Å². The van der Waals surface area contributed by atoms with Crippen molar-refractivity contribution < 1.29 is 24.0 Å². The van der Waals surface area contributed by atoms with Crippen LogP contribution in [0.4, 0.5) is 17.1 Å². The Balaban J connectivity index is 1.64. The van der Waals surface area contributed by atoms with Crippen LogP contribution < -0.4 is 10.6 Å². The number of benzene rings is 2. The zero-order valence-corrected chi connectivity index (χ0v) is 15.8. The molecule has 2 amide bonds. The Kier molecular flexibility index (Phi) is 7.84. The summed E-state index contributed by atoms with van der Waals surface area (Å²) < 4.78 is 4.91. The van der Waals surface area contributed by atoms with Crippen molar-refractivity contribution in [2.24, 2.45) is 0 Å². The van der Waals surface area contributed by atoms with Crippen molar-refractivity contribution in [2.75, 3.05) is 17.2 Å². The third-order valence-corrected chi connectivity index (χ3v) is 3.93. The number of anilines is 2. The Morgan fingerprint density at radius 1 is 0.966 bits per heavy atom. The summed E-state index contributed by atoms with van der Waals surface area (Å²) in [6.07, 6.45) is 0.309. The summed E-state index contributed by atoms with van der Waals surface area (Å²) in [5.41, 5.74) is 1.90. The molecule has 0 radical (unpaired) electrons. The Morgan fingerprint density at radius 2 is 1.66 bits per heavy atom. The van der Waals surface area contributed by atoms with Crippen molar-refractivity contribution in [3.05, 3.63) is 64.2 Å². The fourth-order valence-electron chi connectivity index (χ4n) is 2.40. The van der Waals surface area contributed by atoms with E-state index in [-0.39, 0.29) is 30.9 Å². The largest absolute Gasteiger partial charge is 0.456 e. The number of nitro groups is 1. The van der Waals surface area contributed by atoms with E-state index in [0.29, 0.717) is 11.4 Å². The maximum atomic E-state index is 11.9. The van der Waals surface area contributed by atoms with Gasteiger partial charge < -0.3 is 15.4 Å². The number of nitrogens with one attached hydrogen (secondary N) is 2. The molecular formula is C20H21N3O6. The first-order valence-electron chi connectivity index (χ1n) is 8.90. The van der Waals surface area contributed by atoms with Gasteiger partial charge in [-0.2, -0.15) is 0 Å². The molecule has 0 aliphatic carbocycles. The van der Waals surface area contributed by atoms with Gasteiger partial charge in [-0.25, -0.2) is 0 Å². The van der Waals surface area contributed by atoms with Crippen molar-refractivity contribution in [3.8, 4) is 0 Å². The highest BCUT2D eigenvalue weighted by Crippen LogP contribution is 2.16. The second-order valence-corrected chi connectivity index (χ2v) is 6.23. The van der Waals surface area contributed by atoms with Gasteiger partial charge in [0.2, 0.25) is 5.91 Å². The lowest BCUT2D eigenvalue weighted by Crippen LogP contribution is -2.21. The van der Waals surface area contributed by atoms with Crippen molar-refractivity contribution >= 4 is 34.8 Å². The average molecular weight is 399 g/mol. The second-order valence-electron chi connectivity index (χ2n) is 6.23. The fraction of sp³-hybridized carbons (Fsp3) is 0.250. The van der Waals surface area contributed by atoms with Crippen LogP contribution in [0.3, 0.4) is 0 Å². The number of carbonyl (C=O) groups excluding carboxylic acids is 3. The van der Waals surface area contributed by atoms with Crippen LogP contribution in [-0.4, -0.2) is 29.3 Å². The fourth-order valence-corrected chi connectivity index (χ4v) is 2.40. The molecule has 9 heteroatoms. The number of ether oxygens (including phenoxy) is 1. The molecule has 0 saturated heterocycles. The predicted octanol–water partition coefficient (Wildman–Crippen LogP) is 3.19. The minimum atomic E-state index is -0.576. The SMILES string of the molecule is Cc1ccccc1NC(=O)COC(=O)CCCC(=O)Nc1ccc([N+](=O)[O-])cc1. The standard InChI is InChI=1S/C20H21N3O6/c1-14-5-2-3-6-17(14)22-19(25)13-29-20(26)8-4-7-18(24)21-15-9-11-16(12-10-15)23(27)28/h2-3,5-6,9-12H,4,7-8,13H2,1H3,(H,21,24)(H,22,25). The molecule has 2 N–H and O–H groups in total. The molecule has 0 saturated carbocycles. The van der Waals surface area contributed by atoms with Gasteiger partial charge in [-0.05, 0) is 37.1 Å². The molecule has 0 heterocycles. The van der Waals surface area contributed by atoms with Gasteiger partial charge in [0.05, 0.1) is 4.92 Å². The summed E-state index contributed by atoms with van der Waals surface area (Å²) in [5, 5.41) is 15.8. The molecule has 2 aromatic carbocycles. The average Bonchev–Trinajstić information content (AvgIpc) is 2.68. The van der Waals surface area contributed by atoms with E-state index in [0.717, 1.165) is 5.56 Å². The smallest absolute Gasteiger partial charge is 0.306 e. The van der Waals surface area contributed by atoms with Crippen molar-refractivity contribution in [2.45, 2.75) is 26.2 Å². The molecule has 0 atom stereocenters. The Bertz CT molecular complexity index is 895. The lowest BCUT2D eigenvalue weighted by molar-refractivity contribution is -0.384. The summed E-state index contributed by atoms with van der Waals surface area (Å²) in [6.45, 7) is 1.45. The molecule has 0 aromatic heterocycles. The van der Waals surface area contributed by atoms with Crippen molar-refractivity contribution in [1.82, 2.24) is 0 Å². The zero-order chi connectivity index (χ0) is 21.2. The number of rotatable bonds is 9. The molecular weight excluding hydrogens is 378 g/mol. The summed E-state index contributed by atoms with van der Waals surface area (Å²) in [4.78, 5) is 45.5. The van der Waals surface area contributed by atoms with E-state index in [1.807, 2.05) is 19.1 Å². The molecule has 0 fully saturated rings. The van der Waals surface area contributed by atoms with Crippen molar-refractivity contribution in [1.29, 1.82) is 0 Å². The third-order valence-electron chi connectivity index (χ3n) is 3.93. The number of aryl methyl sites for hydroxylation is 1. The lowest BCUT2D eigenvalue weighted by Gasteiger charge is -2.09. The number of nitro benzene ring substituents is 1. The zero-order valence-electron chi connectivity index (χ0n) is 15.8. The van der Waals surface area contributed by atoms with E-state index >= 15 is 0 Å². The van der Waals surface area contributed by atoms with Crippen LogP contribution in [0.5, 0.6) is 0 Å². The highest BCUT2D eigenvalue weighted by molar-refractivity contribution is 5.93. The quantitative estimate of drug-likeness (QED) is 0.379. The second kappa shape index (κ2) is 10.5. The molecule has 29 heavy (non-hydrogen) atoms. The normalized spacial score (nSPS) is 10.1. The number of para-hydroxylation sites is 1. The van der Waals surface area contributed by atoms with Gasteiger partial charge in [0.15, 0.2) is 6.61 Å². The van der Waals surface area contributed by atoms with Gasteiger partial charge in [-0.3, -0.25) is 24.5 Å². The molecule has 2 aromatic rings. The number of carbonyl (C=O) groups is 3. The number of hydrogen-bond acceptors (Lipinski definition) is 6. The van der Waals surface area contributed by atoms with Crippen LogP contribution in [-0.2, 0) is 19.1 Å². The number of nitrogens with zero attached hydrogens (tertiary/aromatic N) is 1. The van der Waals surface area contributed by atoms with E-state index in [1.54, 1.807) is 12.1 Å². The first-order valence-corrected chi connectivity index (χ1v) is 8.90.